The summed E-state index contributed by atoms with van der Waals surface area (Å²) in [5, 5.41) is 1.90. The Bertz CT molecular complexity index is 946. The quantitative estimate of drug-likeness (QED) is 0.694. The van der Waals surface area contributed by atoms with E-state index in [0.29, 0.717) is 6.61 Å². The molecule has 1 aliphatic heterocycles. The number of hydrogen-bond acceptors (Lipinski definition) is 6. The zero-order valence-corrected chi connectivity index (χ0v) is 16.8. The van der Waals surface area contributed by atoms with Crippen molar-refractivity contribution < 1.29 is 21.6 Å². The van der Waals surface area contributed by atoms with Gasteiger partial charge in [0.1, 0.15) is 0 Å². The molecule has 0 bridgehead atoms. The second-order valence-corrected chi connectivity index (χ2v) is 11.2. The van der Waals surface area contributed by atoms with Crippen molar-refractivity contribution >= 4 is 31.2 Å². The van der Waals surface area contributed by atoms with E-state index in [4.69, 9.17) is 4.74 Å². The zero-order valence-electron chi connectivity index (χ0n) is 14.4. The van der Waals surface area contributed by atoms with Crippen LogP contribution in [-0.4, -0.2) is 46.7 Å². The van der Waals surface area contributed by atoms with Gasteiger partial charge in [-0.1, -0.05) is 12.1 Å². The maximum atomic E-state index is 13.2. The molecule has 0 spiro atoms. The summed E-state index contributed by atoms with van der Waals surface area (Å²) in [6.45, 7) is 1.13. The minimum Gasteiger partial charge on any atom is -0.377 e. The Balaban J connectivity index is 1.95. The van der Waals surface area contributed by atoms with Crippen molar-refractivity contribution in [2.24, 2.45) is 0 Å². The van der Waals surface area contributed by atoms with Crippen LogP contribution in [0, 0.1) is 0 Å². The second-order valence-electron chi connectivity index (χ2n) is 6.26. The first kappa shape index (κ1) is 19.5. The lowest BCUT2D eigenvalue weighted by molar-refractivity contribution is 0.0927. The molecule has 0 radical (unpaired) electrons. The van der Waals surface area contributed by atoms with Crippen LogP contribution in [0.4, 0.5) is 0 Å². The smallest absolute Gasteiger partial charge is 0.243 e. The number of nitrogens with zero attached hydrogens (tertiary/aromatic N) is 1. The van der Waals surface area contributed by atoms with Crippen LogP contribution in [0.3, 0.4) is 0 Å². The van der Waals surface area contributed by atoms with Crippen LogP contribution in [0.15, 0.2) is 51.6 Å². The molecule has 0 saturated carbocycles. The van der Waals surface area contributed by atoms with Crippen LogP contribution in [0.5, 0.6) is 0 Å². The SMILES string of the molecule is CS(=O)(=O)c1cccc(S(=O)(=O)N(Cc2cccs2)C[C@H]2CCCO2)c1. The summed E-state index contributed by atoms with van der Waals surface area (Å²) in [6, 6.07) is 9.27. The second kappa shape index (κ2) is 7.77. The summed E-state index contributed by atoms with van der Waals surface area (Å²) in [6.07, 6.45) is 2.66. The maximum Gasteiger partial charge on any atom is 0.243 e. The number of ether oxygens (including phenoxy) is 1. The number of rotatable bonds is 7. The molecule has 9 heteroatoms. The molecule has 0 amide bonds. The van der Waals surface area contributed by atoms with Crippen LogP contribution in [-0.2, 0) is 31.1 Å². The van der Waals surface area contributed by atoms with Gasteiger partial charge < -0.3 is 4.74 Å². The molecule has 0 N–H and O–H groups in total. The van der Waals surface area contributed by atoms with Gasteiger partial charge in [-0.2, -0.15) is 4.31 Å². The average molecular weight is 416 g/mol. The van der Waals surface area contributed by atoms with Gasteiger partial charge in [0.25, 0.3) is 0 Å². The molecule has 0 aliphatic carbocycles. The Morgan fingerprint density at radius 2 is 1.92 bits per heavy atom. The summed E-state index contributed by atoms with van der Waals surface area (Å²) in [7, 11) is -7.34. The van der Waals surface area contributed by atoms with Gasteiger partial charge in [-0.25, -0.2) is 16.8 Å². The minimum absolute atomic E-state index is 0.00763. The summed E-state index contributed by atoms with van der Waals surface area (Å²) < 4.78 is 57.0. The predicted molar refractivity (Wildman–Crippen MR) is 100 cm³/mol. The van der Waals surface area contributed by atoms with Crippen molar-refractivity contribution in [3.63, 3.8) is 0 Å². The molecular weight excluding hydrogens is 394 g/mol. The van der Waals surface area contributed by atoms with Crippen LogP contribution >= 0.6 is 11.3 Å². The van der Waals surface area contributed by atoms with Crippen LogP contribution in [0.25, 0.3) is 0 Å². The number of sulfone groups is 1. The van der Waals surface area contributed by atoms with Gasteiger partial charge >= 0.3 is 0 Å². The highest BCUT2D eigenvalue weighted by Crippen LogP contribution is 2.25. The zero-order chi connectivity index (χ0) is 18.8. The minimum atomic E-state index is -3.85. The fourth-order valence-electron chi connectivity index (χ4n) is 2.85. The van der Waals surface area contributed by atoms with Gasteiger partial charge in [0, 0.05) is 30.8 Å². The van der Waals surface area contributed by atoms with E-state index < -0.39 is 19.9 Å². The largest absolute Gasteiger partial charge is 0.377 e. The topological polar surface area (TPSA) is 80.8 Å². The normalized spacial score (nSPS) is 18.5. The Kier molecular flexibility index (Phi) is 5.83. The van der Waals surface area contributed by atoms with Gasteiger partial charge in [-0.15, -0.1) is 11.3 Å². The lowest BCUT2D eigenvalue weighted by atomic mass is 10.2. The molecule has 2 heterocycles. The molecule has 1 aromatic heterocycles. The first-order valence-corrected chi connectivity index (χ1v) is 12.4. The molecule has 3 rings (SSSR count). The Morgan fingerprint density at radius 1 is 1.15 bits per heavy atom. The Labute approximate surface area is 158 Å². The summed E-state index contributed by atoms with van der Waals surface area (Å²) in [5.41, 5.74) is 0. The third kappa shape index (κ3) is 4.52. The van der Waals surface area contributed by atoms with E-state index in [2.05, 4.69) is 0 Å². The third-order valence-electron chi connectivity index (χ3n) is 4.21. The number of benzene rings is 1. The van der Waals surface area contributed by atoms with E-state index in [0.717, 1.165) is 24.0 Å². The number of hydrogen-bond donors (Lipinski definition) is 0. The average Bonchev–Trinajstić information content (AvgIpc) is 3.27. The van der Waals surface area contributed by atoms with E-state index in [9.17, 15) is 16.8 Å². The summed E-state index contributed by atoms with van der Waals surface area (Å²) in [5.74, 6) is 0. The van der Waals surface area contributed by atoms with E-state index in [-0.39, 0.29) is 29.0 Å². The molecule has 142 valence electrons. The predicted octanol–water partition coefficient (Wildman–Crippen LogP) is 2.52. The molecule has 1 aromatic carbocycles. The van der Waals surface area contributed by atoms with Gasteiger partial charge in [0.05, 0.1) is 15.9 Å². The molecule has 26 heavy (non-hydrogen) atoms. The Hall–Kier alpha value is -1.26. The number of sulfonamides is 1. The molecule has 1 aliphatic rings. The first-order valence-electron chi connectivity index (χ1n) is 8.21. The highest BCUT2D eigenvalue weighted by Gasteiger charge is 2.30. The van der Waals surface area contributed by atoms with Gasteiger partial charge in [-0.3, -0.25) is 0 Å². The van der Waals surface area contributed by atoms with Crippen molar-refractivity contribution in [2.45, 2.75) is 35.3 Å². The molecular formula is C17H21NO5S3. The van der Waals surface area contributed by atoms with Crippen molar-refractivity contribution in [2.75, 3.05) is 19.4 Å². The van der Waals surface area contributed by atoms with Crippen molar-refractivity contribution in [1.82, 2.24) is 4.31 Å². The monoisotopic (exact) mass is 415 g/mol. The van der Waals surface area contributed by atoms with E-state index in [1.807, 2.05) is 17.5 Å². The third-order valence-corrected chi connectivity index (χ3v) is 7.99. The maximum absolute atomic E-state index is 13.2. The van der Waals surface area contributed by atoms with Crippen molar-refractivity contribution in [3.05, 3.63) is 46.7 Å². The fourth-order valence-corrected chi connectivity index (χ4v) is 5.89. The molecule has 1 fully saturated rings. The van der Waals surface area contributed by atoms with E-state index in [1.165, 1.54) is 39.9 Å². The van der Waals surface area contributed by atoms with Gasteiger partial charge in [0.2, 0.25) is 10.0 Å². The summed E-state index contributed by atoms with van der Waals surface area (Å²) in [4.78, 5) is 0.896. The van der Waals surface area contributed by atoms with Crippen LogP contribution in [0.1, 0.15) is 17.7 Å². The van der Waals surface area contributed by atoms with Crippen molar-refractivity contribution in [1.29, 1.82) is 0 Å². The molecule has 1 atom stereocenters. The van der Waals surface area contributed by atoms with Gasteiger partial charge in [-0.05, 0) is 42.5 Å². The molecule has 0 unspecified atom stereocenters. The van der Waals surface area contributed by atoms with Gasteiger partial charge in [0.15, 0.2) is 9.84 Å². The van der Waals surface area contributed by atoms with Crippen LogP contribution in [0.2, 0.25) is 0 Å². The lowest BCUT2D eigenvalue weighted by Crippen LogP contribution is -2.36. The van der Waals surface area contributed by atoms with E-state index in [1.54, 1.807) is 0 Å². The Morgan fingerprint density at radius 3 is 2.54 bits per heavy atom. The molecule has 2 aromatic rings. The van der Waals surface area contributed by atoms with E-state index >= 15 is 0 Å². The first-order chi connectivity index (χ1) is 12.3. The number of thiophene rings is 1. The molecule has 1 saturated heterocycles. The standard InChI is InChI=1S/C17H21NO5S3/c1-25(19,20)16-7-2-8-17(11-16)26(21,22)18(12-14-5-3-9-23-14)13-15-6-4-10-24-15/h2,4,6-8,10-11,14H,3,5,9,12-13H2,1H3/t14-/m1/s1. The van der Waals surface area contributed by atoms with Crippen molar-refractivity contribution in [3.8, 4) is 0 Å². The molecule has 6 nitrogen and oxygen atoms in total. The highest BCUT2D eigenvalue weighted by molar-refractivity contribution is 7.91. The highest BCUT2D eigenvalue weighted by atomic mass is 32.2. The fraction of sp³-hybridized carbons (Fsp3) is 0.412. The lowest BCUT2D eigenvalue weighted by Gasteiger charge is -2.24. The summed E-state index contributed by atoms with van der Waals surface area (Å²) >= 11 is 1.49. The van der Waals surface area contributed by atoms with Crippen LogP contribution < -0.4 is 0 Å².